The van der Waals surface area contributed by atoms with Crippen LogP contribution in [0.1, 0.15) is 13.8 Å². The van der Waals surface area contributed by atoms with Gasteiger partial charge in [-0.3, -0.25) is 9.59 Å². The molecule has 5 heteroatoms. The highest BCUT2D eigenvalue weighted by molar-refractivity contribution is 8.01. The average molecular weight is 204 g/mol. The first kappa shape index (κ1) is 12.4. The van der Waals surface area contributed by atoms with Crippen LogP contribution in [0, 0.1) is 0 Å². The molecule has 0 rings (SSSR count). The number of thioether (sulfide) groups is 1. The Labute approximate surface area is 82.8 Å². The summed E-state index contributed by atoms with van der Waals surface area (Å²) in [5.41, 5.74) is 0. The number of Topliss-reactive ketones (excluding diaryl/α,β-unsaturated/α-hetero) is 1. The molecule has 0 aliphatic carbocycles. The molecule has 0 radical (unpaired) electrons. The lowest BCUT2D eigenvalue weighted by Crippen LogP contribution is -2.32. The van der Waals surface area contributed by atoms with Gasteiger partial charge in [-0.25, -0.2) is 0 Å². The highest BCUT2D eigenvalue weighted by Crippen LogP contribution is 2.07. The summed E-state index contributed by atoms with van der Waals surface area (Å²) in [6.45, 7) is 4.00. The summed E-state index contributed by atoms with van der Waals surface area (Å²) in [4.78, 5) is 21.9. The minimum Gasteiger partial charge on any atom is -0.356 e. The molecule has 1 amide bonds. The molecule has 0 spiro atoms. The van der Waals surface area contributed by atoms with Crippen LogP contribution < -0.4 is 10.6 Å². The Hall–Kier alpha value is -0.550. The lowest BCUT2D eigenvalue weighted by atomic mass is 10.4. The van der Waals surface area contributed by atoms with Crippen LogP contribution in [-0.4, -0.2) is 36.4 Å². The number of nitrogens with one attached hydrogen (secondary N) is 2. The summed E-state index contributed by atoms with van der Waals surface area (Å²) in [6, 6.07) is 0. The molecule has 0 aliphatic heterocycles. The third-order valence-electron chi connectivity index (χ3n) is 1.39. The van der Waals surface area contributed by atoms with Crippen LogP contribution in [-0.2, 0) is 9.59 Å². The Morgan fingerprint density at radius 1 is 1.46 bits per heavy atom. The van der Waals surface area contributed by atoms with E-state index >= 15 is 0 Å². The van der Waals surface area contributed by atoms with Gasteiger partial charge in [-0.2, -0.15) is 0 Å². The van der Waals surface area contributed by atoms with Crippen molar-refractivity contribution in [3.8, 4) is 0 Å². The largest absolute Gasteiger partial charge is 0.356 e. The van der Waals surface area contributed by atoms with Gasteiger partial charge in [0.05, 0.1) is 5.75 Å². The summed E-state index contributed by atoms with van der Waals surface area (Å²) >= 11 is 1.30. The van der Waals surface area contributed by atoms with Crippen molar-refractivity contribution in [2.24, 2.45) is 0 Å². The molecule has 0 saturated heterocycles. The van der Waals surface area contributed by atoms with Crippen molar-refractivity contribution in [2.75, 3.05) is 19.3 Å². The van der Waals surface area contributed by atoms with Gasteiger partial charge < -0.3 is 10.6 Å². The number of carbonyl (C=O) groups is 2. The molecule has 0 saturated carbocycles. The molecule has 1 atom stereocenters. The third-order valence-corrected chi connectivity index (χ3v) is 2.72. The molecule has 13 heavy (non-hydrogen) atoms. The molecule has 2 N–H and O–H groups in total. The van der Waals surface area contributed by atoms with Crippen LogP contribution in [0.15, 0.2) is 0 Å². The molecule has 0 aromatic rings. The highest BCUT2D eigenvalue weighted by atomic mass is 32.2. The van der Waals surface area contributed by atoms with Crippen LogP contribution >= 0.6 is 11.8 Å². The van der Waals surface area contributed by atoms with Gasteiger partial charge >= 0.3 is 0 Å². The number of hydrogen-bond acceptors (Lipinski definition) is 4. The van der Waals surface area contributed by atoms with Crippen molar-refractivity contribution in [3.63, 3.8) is 0 Å². The van der Waals surface area contributed by atoms with Crippen molar-refractivity contribution in [1.29, 1.82) is 0 Å². The lowest BCUT2D eigenvalue weighted by Gasteiger charge is -2.11. The van der Waals surface area contributed by atoms with E-state index in [4.69, 9.17) is 0 Å². The minimum absolute atomic E-state index is 0.0333. The second-order valence-corrected chi connectivity index (χ2v) is 3.64. The Morgan fingerprint density at radius 3 is 2.46 bits per heavy atom. The van der Waals surface area contributed by atoms with E-state index in [-0.39, 0.29) is 17.1 Å². The predicted octanol–water partition coefficient (Wildman–Crippen LogP) is -0.00980. The predicted molar refractivity (Wildman–Crippen MR) is 54.7 cm³/mol. The zero-order chi connectivity index (χ0) is 10.3. The Morgan fingerprint density at radius 2 is 2.08 bits per heavy atom. The quantitative estimate of drug-likeness (QED) is 0.597. The molecule has 0 fully saturated rings. The lowest BCUT2D eigenvalue weighted by molar-refractivity contribution is -0.118. The van der Waals surface area contributed by atoms with E-state index in [9.17, 15) is 9.59 Å². The average Bonchev–Trinajstić information content (AvgIpc) is 2.05. The maximum atomic E-state index is 11.0. The van der Waals surface area contributed by atoms with E-state index < -0.39 is 0 Å². The van der Waals surface area contributed by atoms with E-state index in [1.54, 1.807) is 7.05 Å². The van der Waals surface area contributed by atoms with Gasteiger partial charge in [-0.1, -0.05) is 0 Å². The Bertz CT molecular complexity index is 185. The Balaban J connectivity index is 3.72. The SMILES string of the molecule is CCNC(=O)CSC(NC)C(C)=O. The maximum Gasteiger partial charge on any atom is 0.230 e. The topological polar surface area (TPSA) is 58.2 Å². The van der Waals surface area contributed by atoms with E-state index in [0.717, 1.165) is 0 Å². The molecule has 0 bridgehead atoms. The van der Waals surface area contributed by atoms with E-state index in [0.29, 0.717) is 12.3 Å². The normalized spacial score (nSPS) is 12.2. The van der Waals surface area contributed by atoms with Crippen molar-refractivity contribution in [2.45, 2.75) is 19.2 Å². The minimum atomic E-state index is -0.275. The Kier molecular flexibility index (Phi) is 6.62. The van der Waals surface area contributed by atoms with Crippen molar-refractivity contribution < 1.29 is 9.59 Å². The monoisotopic (exact) mass is 204 g/mol. The van der Waals surface area contributed by atoms with E-state index in [1.807, 2.05) is 6.92 Å². The zero-order valence-corrected chi connectivity index (χ0v) is 9.03. The van der Waals surface area contributed by atoms with Crippen LogP contribution in [0.2, 0.25) is 0 Å². The maximum absolute atomic E-state index is 11.0. The third kappa shape index (κ3) is 5.65. The van der Waals surface area contributed by atoms with Crippen molar-refractivity contribution in [1.82, 2.24) is 10.6 Å². The molecule has 0 aromatic heterocycles. The summed E-state index contributed by atoms with van der Waals surface area (Å²) in [7, 11) is 1.71. The fraction of sp³-hybridized carbons (Fsp3) is 0.750. The highest BCUT2D eigenvalue weighted by Gasteiger charge is 2.13. The number of ketones is 1. The molecule has 4 nitrogen and oxygen atoms in total. The van der Waals surface area contributed by atoms with Gasteiger partial charge in [0.15, 0.2) is 5.78 Å². The van der Waals surface area contributed by atoms with Crippen LogP contribution in [0.25, 0.3) is 0 Å². The summed E-state index contributed by atoms with van der Waals surface area (Å²) in [5, 5.41) is 5.22. The first-order valence-electron chi connectivity index (χ1n) is 4.17. The fourth-order valence-electron chi connectivity index (χ4n) is 0.811. The molecule has 1 unspecified atom stereocenters. The van der Waals surface area contributed by atoms with Gasteiger partial charge in [0.2, 0.25) is 5.91 Å². The standard InChI is InChI=1S/C8H16N2O2S/c1-4-10-7(12)5-13-8(9-3)6(2)11/h8-9H,4-5H2,1-3H3,(H,10,12). The number of likely N-dealkylation sites (N-methyl/N-ethyl adjacent to an activating group) is 1. The molecule has 0 heterocycles. The molecular formula is C8H16N2O2S. The van der Waals surface area contributed by atoms with E-state index in [2.05, 4.69) is 10.6 Å². The molecule has 0 aliphatic rings. The summed E-state index contributed by atoms with van der Waals surface area (Å²) in [6.07, 6.45) is 0. The summed E-state index contributed by atoms with van der Waals surface area (Å²) in [5.74, 6) is 0.324. The second-order valence-electron chi connectivity index (χ2n) is 2.54. The molecule has 76 valence electrons. The van der Waals surface area contributed by atoms with Gasteiger partial charge in [0, 0.05) is 6.54 Å². The number of hydrogen-bond donors (Lipinski definition) is 2. The second kappa shape index (κ2) is 6.91. The smallest absolute Gasteiger partial charge is 0.230 e. The first-order valence-corrected chi connectivity index (χ1v) is 5.22. The number of amides is 1. The van der Waals surface area contributed by atoms with Crippen LogP contribution in [0.4, 0.5) is 0 Å². The van der Waals surface area contributed by atoms with E-state index in [1.165, 1.54) is 18.7 Å². The van der Waals surface area contributed by atoms with Crippen LogP contribution in [0.3, 0.4) is 0 Å². The fourth-order valence-corrected chi connectivity index (χ4v) is 1.63. The van der Waals surface area contributed by atoms with Crippen molar-refractivity contribution in [3.05, 3.63) is 0 Å². The van der Waals surface area contributed by atoms with Crippen LogP contribution in [0.5, 0.6) is 0 Å². The zero-order valence-electron chi connectivity index (χ0n) is 8.22. The number of rotatable bonds is 6. The summed E-state index contributed by atoms with van der Waals surface area (Å²) < 4.78 is 0. The number of carbonyl (C=O) groups excluding carboxylic acids is 2. The van der Waals surface area contributed by atoms with Gasteiger partial charge in [0.1, 0.15) is 5.37 Å². The van der Waals surface area contributed by atoms with Gasteiger partial charge in [-0.05, 0) is 20.9 Å². The van der Waals surface area contributed by atoms with Gasteiger partial charge in [-0.15, -0.1) is 11.8 Å². The van der Waals surface area contributed by atoms with Crippen molar-refractivity contribution >= 4 is 23.5 Å². The molecule has 0 aromatic carbocycles. The van der Waals surface area contributed by atoms with Gasteiger partial charge in [0.25, 0.3) is 0 Å². The first-order chi connectivity index (χ1) is 6.11. The molecular weight excluding hydrogens is 188 g/mol.